The van der Waals surface area contributed by atoms with Crippen molar-refractivity contribution >= 4 is 47.9 Å². The van der Waals surface area contributed by atoms with Crippen molar-refractivity contribution in [2.45, 2.75) is 38.0 Å². The number of hydrogen-bond acceptors (Lipinski definition) is 1. The van der Waals surface area contributed by atoms with Gasteiger partial charge in [-0.05, 0) is 40.3 Å². The largest absolute Gasteiger partial charge is 0.372 e. The minimum absolute atomic E-state index is 0.202. The summed E-state index contributed by atoms with van der Waals surface area (Å²) in [5.41, 5.74) is 1.27. The summed E-state index contributed by atoms with van der Waals surface area (Å²) < 4.78 is 1.25. The van der Waals surface area contributed by atoms with Gasteiger partial charge in [-0.3, -0.25) is 0 Å². The SMILES string of the molecule is CN(C)C(=S)C[C@@H](C#CC[Si](C)(C)C)c1ccc(I)cc1. The molecule has 1 atom stereocenters. The molecule has 0 N–H and O–H groups in total. The normalized spacial score (nSPS) is 12.3. The highest BCUT2D eigenvalue weighted by Crippen LogP contribution is 2.22. The summed E-state index contributed by atoms with van der Waals surface area (Å²) in [5, 5.41) is 0. The smallest absolute Gasteiger partial charge is 0.0789 e. The second-order valence-corrected chi connectivity index (χ2v) is 13.8. The summed E-state index contributed by atoms with van der Waals surface area (Å²) in [6.07, 6.45) is 0.821. The minimum Gasteiger partial charge on any atom is -0.372 e. The van der Waals surface area contributed by atoms with Crippen LogP contribution in [0.2, 0.25) is 25.7 Å². The average Bonchev–Trinajstić information content (AvgIpc) is 2.36. The van der Waals surface area contributed by atoms with E-state index in [4.69, 9.17) is 12.2 Å². The monoisotopic (exact) mass is 429 g/mol. The Bertz CT molecular complexity index is 535. The molecule has 1 nitrogen and oxygen atoms in total. The Morgan fingerprint density at radius 2 is 1.81 bits per heavy atom. The quantitative estimate of drug-likeness (QED) is 0.287. The van der Waals surface area contributed by atoms with Gasteiger partial charge in [0.05, 0.1) is 19.0 Å². The molecule has 0 aliphatic heterocycles. The molecule has 0 spiro atoms. The fourth-order valence-corrected chi connectivity index (χ4v) is 2.90. The van der Waals surface area contributed by atoms with Crippen LogP contribution in [-0.2, 0) is 0 Å². The lowest BCUT2D eigenvalue weighted by Gasteiger charge is -2.18. The predicted octanol–water partition coefficient (Wildman–Crippen LogP) is 5.00. The first-order valence-corrected chi connectivity index (χ1v) is 12.3. The van der Waals surface area contributed by atoms with Crippen LogP contribution in [0.15, 0.2) is 24.3 Å². The first kappa shape index (κ1) is 18.7. The topological polar surface area (TPSA) is 3.24 Å². The van der Waals surface area contributed by atoms with E-state index >= 15 is 0 Å². The van der Waals surface area contributed by atoms with E-state index in [1.807, 2.05) is 19.0 Å². The zero-order valence-corrected chi connectivity index (χ0v) is 17.5. The van der Waals surface area contributed by atoms with E-state index in [0.717, 1.165) is 17.5 Å². The third kappa shape index (κ3) is 7.43. The van der Waals surface area contributed by atoms with Gasteiger partial charge in [-0.15, -0.1) is 5.92 Å². The molecule has 0 bridgehead atoms. The van der Waals surface area contributed by atoms with Crippen LogP contribution in [0.1, 0.15) is 17.9 Å². The zero-order chi connectivity index (χ0) is 16.0. The van der Waals surface area contributed by atoms with Gasteiger partial charge in [0.1, 0.15) is 0 Å². The van der Waals surface area contributed by atoms with Crippen LogP contribution >= 0.6 is 34.8 Å². The molecule has 0 aliphatic rings. The van der Waals surface area contributed by atoms with Crippen LogP contribution in [0, 0.1) is 15.4 Å². The summed E-state index contributed by atoms with van der Waals surface area (Å²) >= 11 is 7.80. The number of halogens is 1. The van der Waals surface area contributed by atoms with E-state index in [1.165, 1.54) is 9.13 Å². The summed E-state index contributed by atoms with van der Waals surface area (Å²) in [5.74, 6) is 7.08. The fourth-order valence-electron chi connectivity index (χ4n) is 1.74. The molecule has 114 valence electrons. The molecule has 0 heterocycles. The molecule has 4 heteroatoms. The Balaban J connectivity index is 2.94. The molecular formula is C17H24INSSi. The first-order chi connectivity index (χ1) is 9.69. The second kappa shape index (κ2) is 8.30. The molecule has 0 fully saturated rings. The Hall–Kier alpha value is -0.383. The highest BCUT2D eigenvalue weighted by atomic mass is 127. The van der Waals surface area contributed by atoms with Crippen molar-refractivity contribution in [3.63, 3.8) is 0 Å². The minimum atomic E-state index is -1.11. The lowest BCUT2D eigenvalue weighted by Crippen LogP contribution is -2.21. The number of nitrogens with zero attached hydrogens (tertiary/aromatic N) is 1. The third-order valence-electron chi connectivity index (χ3n) is 3.04. The first-order valence-electron chi connectivity index (χ1n) is 7.13. The zero-order valence-electron chi connectivity index (χ0n) is 13.5. The van der Waals surface area contributed by atoms with Crippen LogP contribution in [0.5, 0.6) is 0 Å². The van der Waals surface area contributed by atoms with Gasteiger partial charge in [0.25, 0.3) is 0 Å². The Labute approximate surface area is 149 Å². The number of rotatable bonds is 4. The van der Waals surface area contributed by atoms with Crippen molar-refractivity contribution in [2.24, 2.45) is 0 Å². The van der Waals surface area contributed by atoms with Crippen LogP contribution in [0.3, 0.4) is 0 Å². The molecule has 0 radical (unpaired) electrons. The van der Waals surface area contributed by atoms with E-state index in [2.05, 4.69) is 78.3 Å². The van der Waals surface area contributed by atoms with Gasteiger partial charge in [0.15, 0.2) is 0 Å². The van der Waals surface area contributed by atoms with E-state index < -0.39 is 8.07 Å². The van der Waals surface area contributed by atoms with Crippen molar-refractivity contribution in [2.75, 3.05) is 14.1 Å². The molecule has 0 amide bonds. The second-order valence-electron chi connectivity index (χ2n) is 6.65. The van der Waals surface area contributed by atoms with E-state index in [0.29, 0.717) is 0 Å². The molecule has 1 aromatic rings. The number of hydrogen-bond donors (Lipinski definition) is 0. The van der Waals surface area contributed by atoms with Crippen molar-refractivity contribution < 1.29 is 0 Å². The molecule has 0 saturated heterocycles. The highest BCUT2D eigenvalue weighted by molar-refractivity contribution is 14.1. The van der Waals surface area contributed by atoms with Gasteiger partial charge in [-0.1, -0.05) is 49.9 Å². The van der Waals surface area contributed by atoms with Crippen LogP contribution in [-0.4, -0.2) is 32.1 Å². The Morgan fingerprint density at radius 1 is 1.24 bits per heavy atom. The molecule has 0 saturated carbocycles. The molecular weight excluding hydrogens is 405 g/mol. The summed E-state index contributed by atoms with van der Waals surface area (Å²) in [6, 6.07) is 9.67. The van der Waals surface area contributed by atoms with Gasteiger partial charge in [0.2, 0.25) is 0 Å². The van der Waals surface area contributed by atoms with E-state index in [9.17, 15) is 0 Å². The van der Waals surface area contributed by atoms with Gasteiger partial charge < -0.3 is 4.90 Å². The molecule has 0 aliphatic carbocycles. The van der Waals surface area contributed by atoms with Gasteiger partial charge >= 0.3 is 0 Å². The average molecular weight is 429 g/mol. The van der Waals surface area contributed by atoms with Gasteiger partial charge in [-0.2, -0.15) is 0 Å². The molecule has 1 rings (SSSR count). The summed E-state index contributed by atoms with van der Waals surface area (Å²) in [6.45, 7) is 7.06. The van der Waals surface area contributed by atoms with Crippen LogP contribution < -0.4 is 0 Å². The standard InChI is InChI=1S/C17H24INSSi/c1-19(2)17(20)13-15(7-6-12-21(3,4)5)14-8-10-16(18)11-9-14/h8-11,15H,12-13H2,1-5H3/t15-/m1/s1. The number of benzene rings is 1. The molecule has 0 aromatic heterocycles. The van der Waals surface area contributed by atoms with E-state index in [1.54, 1.807) is 0 Å². The fraction of sp³-hybridized carbons (Fsp3) is 0.471. The van der Waals surface area contributed by atoms with E-state index in [-0.39, 0.29) is 5.92 Å². The summed E-state index contributed by atoms with van der Waals surface area (Å²) in [7, 11) is 2.89. The van der Waals surface area contributed by atoms with Crippen molar-refractivity contribution in [1.82, 2.24) is 4.90 Å². The summed E-state index contributed by atoms with van der Waals surface area (Å²) in [4.78, 5) is 2.97. The number of thiocarbonyl (C=S) groups is 1. The highest BCUT2D eigenvalue weighted by Gasteiger charge is 2.14. The maximum absolute atomic E-state index is 5.47. The maximum Gasteiger partial charge on any atom is 0.0789 e. The lowest BCUT2D eigenvalue weighted by molar-refractivity contribution is 0.612. The third-order valence-corrected chi connectivity index (χ3v) is 5.53. The Kier molecular flexibility index (Phi) is 7.38. The van der Waals surface area contributed by atoms with Crippen molar-refractivity contribution in [3.05, 3.63) is 33.4 Å². The van der Waals surface area contributed by atoms with Crippen molar-refractivity contribution in [1.29, 1.82) is 0 Å². The Morgan fingerprint density at radius 3 is 2.29 bits per heavy atom. The van der Waals surface area contributed by atoms with Crippen LogP contribution in [0.25, 0.3) is 0 Å². The molecule has 21 heavy (non-hydrogen) atoms. The molecule has 0 unspecified atom stereocenters. The molecule has 1 aromatic carbocycles. The van der Waals surface area contributed by atoms with Crippen molar-refractivity contribution in [3.8, 4) is 11.8 Å². The van der Waals surface area contributed by atoms with Gasteiger partial charge in [0, 0.05) is 30.1 Å². The van der Waals surface area contributed by atoms with Crippen LogP contribution in [0.4, 0.5) is 0 Å². The lowest BCUT2D eigenvalue weighted by atomic mass is 9.96. The maximum atomic E-state index is 5.47. The predicted molar refractivity (Wildman–Crippen MR) is 109 cm³/mol. The van der Waals surface area contributed by atoms with Gasteiger partial charge in [-0.25, -0.2) is 0 Å².